The van der Waals surface area contributed by atoms with Crippen LogP contribution in [0.1, 0.15) is 0 Å². The molecule has 1 rings (SSSR count). The molecule has 1 N–H and O–H groups in total. The molecule has 0 atom stereocenters. The monoisotopic (exact) mass is 313 g/mol. The first kappa shape index (κ1) is 15.4. The molecule has 0 fully saturated rings. The number of benzene rings is 1. The fraction of sp³-hybridized carbons (Fsp3) is 0.333. The molecule has 9 heteroatoms. The quantitative estimate of drug-likeness (QED) is 0.613. The number of rotatable bonds is 6. The third kappa shape index (κ3) is 5.32. The Hall–Kier alpha value is -0.670. The van der Waals surface area contributed by atoms with Crippen molar-refractivity contribution in [3.8, 4) is 0 Å². The van der Waals surface area contributed by atoms with Crippen LogP contribution in [-0.4, -0.2) is 36.2 Å². The first-order valence-corrected chi connectivity index (χ1v) is 8.48. The van der Waals surface area contributed by atoms with Crippen molar-refractivity contribution in [3.05, 3.63) is 29.3 Å². The summed E-state index contributed by atoms with van der Waals surface area (Å²) in [6.45, 7) is -0.399. The molecule has 18 heavy (non-hydrogen) atoms. The van der Waals surface area contributed by atoms with Crippen LogP contribution >= 0.6 is 11.6 Å². The molecule has 0 saturated carbocycles. The van der Waals surface area contributed by atoms with Crippen LogP contribution in [0, 0.1) is 0 Å². The lowest BCUT2D eigenvalue weighted by Crippen LogP contribution is -2.27. The first-order valence-electron chi connectivity index (χ1n) is 4.80. The van der Waals surface area contributed by atoms with Crippen molar-refractivity contribution in [2.45, 2.75) is 4.90 Å². The van der Waals surface area contributed by atoms with Crippen LogP contribution in [0.4, 0.5) is 0 Å². The minimum absolute atomic E-state index is 0.0359. The van der Waals surface area contributed by atoms with E-state index in [0.717, 1.165) is 6.26 Å². The molecule has 0 radical (unpaired) electrons. The molecule has 0 aromatic heterocycles. The molecule has 0 unspecified atom stereocenters. The number of sulfonamides is 1. The Kier molecular flexibility index (Phi) is 5.11. The van der Waals surface area contributed by atoms with E-state index in [-0.39, 0.29) is 18.0 Å². The van der Waals surface area contributed by atoms with Gasteiger partial charge in [0.05, 0.1) is 17.8 Å². The zero-order valence-corrected chi connectivity index (χ0v) is 11.8. The van der Waals surface area contributed by atoms with Gasteiger partial charge < -0.3 is 0 Å². The van der Waals surface area contributed by atoms with Crippen molar-refractivity contribution < 1.29 is 21.0 Å². The van der Waals surface area contributed by atoms with E-state index in [0.29, 0.717) is 5.02 Å². The minimum atomic E-state index is -3.89. The second kappa shape index (κ2) is 5.98. The van der Waals surface area contributed by atoms with Crippen molar-refractivity contribution in [1.82, 2.24) is 4.72 Å². The third-order valence-electron chi connectivity index (χ3n) is 1.81. The van der Waals surface area contributed by atoms with Gasteiger partial charge in [-0.3, -0.25) is 4.18 Å². The highest BCUT2D eigenvalue weighted by Crippen LogP contribution is 2.15. The highest BCUT2D eigenvalue weighted by molar-refractivity contribution is 7.88. The summed E-state index contributed by atoms with van der Waals surface area (Å²) in [7, 11) is -7.24. The van der Waals surface area contributed by atoms with Gasteiger partial charge in [-0.25, -0.2) is 13.1 Å². The minimum Gasteiger partial charge on any atom is -0.265 e. The van der Waals surface area contributed by atoms with Crippen molar-refractivity contribution in [2.75, 3.05) is 19.4 Å². The topological polar surface area (TPSA) is 89.5 Å². The van der Waals surface area contributed by atoms with Gasteiger partial charge in [-0.15, -0.1) is 0 Å². The maximum Gasteiger partial charge on any atom is 0.297 e. The Morgan fingerprint density at radius 3 is 2.22 bits per heavy atom. The van der Waals surface area contributed by atoms with Gasteiger partial charge in [-0.05, 0) is 24.3 Å². The van der Waals surface area contributed by atoms with Gasteiger partial charge in [0.1, 0.15) is 0 Å². The largest absolute Gasteiger partial charge is 0.297 e. The Bertz CT molecular complexity index is 594. The van der Waals surface area contributed by atoms with E-state index in [1.807, 2.05) is 0 Å². The smallest absolute Gasteiger partial charge is 0.265 e. The molecular weight excluding hydrogens is 302 g/mol. The molecule has 1 aromatic carbocycles. The van der Waals surface area contributed by atoms with Crippen molar-refractivity contribution in [2.24, 2.45) is 0 Å². The zero-order valence-electron chi connectivity index (χ0n) is 9.46. The van der Waals surface area contributed by atoms with Crippen LogP contribution < -0.4 is 4.72 Å². The van der Waals surface area contributed by atoms with E-state index in [1.165, 1.54) is 24.3 Å². The summed E-state index contributed by atoms with van der Waals surface area (Å²) in [6.07, 6.45) is 0.973. The van der Waals surface area contributed by atoms with E-state index in [4.69, 9.17) is 11.6 Å². The molecular formula is C9H12ClNO5S2. The standard InChI is InChI=1S/C9H12ClNO5S2/c1-17(12,13)11-6-7-16-18(14,15)9-4-2-8(10)3-5-9/h2-5,11H,6-7H2,1H3. The highest BCUT2D eigenvalue weighted by atomic mass is 35.5. The average molecular weight is 314 g/mol. The lowest BCUT2D eigenvalue weighted by molar-refractivity contribution is 0.323. The molecule has 102 valence electrons. The summed E-state index contributed by atoms with van der Waals surface area (Å²) in [5.41, 5.74) is 0. The molecule has 0 aliphatic rings. The van der Waals surface area contributed by atoms with Crippen molar-refractivity contribution in [1.29, 1.82) is 0 Å². The molecule has 0 spiro atoms. The fourth-order valence-corrected chi connectivity index (χ4v) is 2.54. The van der Waals surface area contributed by atoms with Crippen LogP contribution in [0.2, 0.25) is 5.02 Å². The van der Waals surface area contributed by atoms with Crippen LogP contribution in [0.15, 0.2) is 29.2 Å². The fourth-order valence-electron chi connectivity index (χ4n) is 1.05. The summed E-state index contributed by atoms with van der Waals surface area (Å²) in [6, 6.07) is 5.46. The number of nitrogens with one attached hydrogen (secondary N) is 1. The molecule has 6 nitrogen and oxygen atoms in total. The first-order chi connectivity index (χ1) is 8.21. The molecule has 0 bridgehead atoms. The molecule has 0 aliphatic carbocycles. The predicted molar refractivity (Wildman–Crippen MR) is 67.4 cm³/mol. The van der Waals surface area contributed by atoms with E-state index < -0.39 is 20.1 Å². The molecule has 0 saturated heterocycles. The summed E-state index contributed by atoms with van der Waals surface area (Å²) >= 11 is 5.63. The summed E-state index contributed by atoms with van der Waals surface area (Å²) in [5, 5.41) is 0.410. The molecule has 0 amide bonds. The highest BCUT2D eigenvalue weighted by Gasteiger charge is 2.14. The average Bonchev–Trinajstić information content (AvgIpc) is 2.24. The number of hydrogen-bond donors (Lipinski definition) is 1. The summed E-state index contributed by atoms with van der Waals surface area (Å²) in [5.74, 6) is 0. The van der Waals surface area contributed by atoms with Gasteiger partial charge in [0.25, 0.3) is 10.1 Å². The van der Waals surface area contributed by atoms with Gasteiger partial charge in [-0.2, -0.15) is 8.42 Å². The van der Waals surface area contributed by atoms with E-state index in [1.54, 1.807) is 0 Å². The molecule has 1 aromatic rings. The SMILES string of the molecule is CS(=O)(=O)NCCOS(=O)(=O)c1ccc(Cl)cc1. The van der Waals surface area contributed by atoms with Gasteiger partial charge in [0, 0.05) is 11.6 Å². The number of hydrogen-bond acceptors (Lipinski definition) is 5. The Balaban J connectivity index is 2.58. The lowest BCUT2D eigenvalue weighted by atomic mass is 10.4. The van der Waals surface area contributed by atoms with E-state index in [2.05, 4.69) is 8.91 Å². The van der Waals surface area contributed by atoms with Gasteiger partial charge >= 0.3 is 0 Å². The Morgan fingerprint density at radius 1 is 1.17 bits per heavy atom. The van der Waals surface area contributed by atoms with Gasteiger partial charge in [0.15, 0.2) is 0 Å². The van der Waals surface area contributed by atoms with Gasteiger partial charge in [0.2, 0.25) is 10.0 Å². The molecule has 0 aliphatic heterocycles. The molecule has 0 heterocycles. The van der Waals surface area contributed by atoms with Gasteiger partial charge in [-0.1, -0.05) is 11.6 Å². The van der Waals surface area contributed by atoms with E-state index in [9.17, 15) is 16.8 Å². The zero-order chi connectivity index (χ0) is 13.8. The lowest BCUT2D eigenvalue weighted by Gasteiger charge is -2.06. The Morgan fingerprint density at radius 2 is 1.72 bits per heavy atom. The van der Waals surface area contributed by atoms with Crippen molar-refractivity contribution in [3.63, 3.8) is 0 Å². The summed E-state index contributed by atoms with van der Waals surface area (Å²) in [4.78, 5) is -0.0359. The van der Waals surface area contributed by atoms with Crippen LogP contribution in [0.25, 0.3) is 0 Å². The Labute approximate surface area is 111 Å². The summed E-state index contributed by atoms with van der Waals surface area (Å²) < 4.78 is 51.5. The van der Waals surface area contributed by atoms with Crippen LogP contribution in [0.5, 0.6) is 0 Å². The second-order valence-electron chi connectivity index (χ2n) is 3.40. The van der Waals surface area contributed by atoms with Crippen molar-refractivity contribution >= 4 is 31.7 Å². The third-order valence-corrected chi connectivity index (χ3v) is 4.11. The maximum absolute atomic E-state index is 11.6. The van der Waals surface area contributed by atoms with E-state index >= 15 is 0 Å². The predicted octanol–water partition coefficient (Wildman–Crippen LogP) is 0.595. The maximum atomic E-state index is 11.6. The van der Waals surface area contributed by atoms with Crippen LogP contribution in [0.3, 0.4) is 0 Å². The second-order valence-corrected chi connectivity index (χ2v) is 7.28. The van der Waals surface area contributed by atoms with Crippen LogP contribution in [-0.2, 0) is 24.3 Å². The normalized spacial score (nSPS) is 12.6. The number of halogens is 1.